The highest BCUT2D eigenvalue weighted by molar-refractivity contribution is 5.59. The Hall–Kier alpha value is -1.32. The maximum atomic E-state index is 4.82. The van der Waals surface area contributed by atoms with Gasteiger partial charge in [0.05, 0.1) is 0 Å². The second-order valence-corrected chi connectivity index (χ2v) is 6.25. The molecular weight excluding hydrogens is 248 g/mol. The van der Waals surface area contributed by atoms with Gasteiger partial charge in [0, 0.05) is 31.1 Å². The Morgan fingerprint density at radius 1 is 1.25 bits per heavy atom. The molecule has 0 aromatic carbocycles. The van der Waals surface area contributed by atoms with Gasteiger partial charge in [-0.1, -0.05) is 13.8 Å². The minimum atomic E-state index is 0.344. The van der Waals surface area contributed by atoms with Gasteiger partial charge in [-0.05, 0) is 39.5 Å². The van der Waals surface area contributed by atoms with Crippen LogP contribution in [0.15, 0.2) is 0 Å². The summed E-state index contributed by atoms with van der Waals surface area (Å²) in [4.78, 5) is 11.8. The molecule has 112 valence electrons. The molecule has 1 aliphatic rings. The van der Waals surface area contributed by atoms with Gasteiger partial charge in [0.25, 0.3) is 0 Å². The fraction of sp³-hybridized carbons (Fsp3) is 0.750. The molecule has 1 N–H and O–H groups in total. The van der Waals surface area contributed by atoms with Crippen LogP contribution >= 0.6 is 0 Å². The molecule has 0 aliphatic heterocycles. The summed E-state index contributed by atoms with van der Waals surface area (Å²) >= 11 is 0. The van der Waals surface area contributed by atoms with Gasteiger partial charge in [-0.25, -0.2) is 9.97 Å². The first-order valence-electron chi connectivity index (χ1n) is 7.80. The smallest absolute Gasteiger partial charge is 0.137 e. The highest BCUT2D eigenvalue weighted by Gasteiger charge is 2.32. The summed E-state index contributed by atoms with van der Waals surface area (Å²) < 4.78 is 0. The van der Waals surface area contributed by atoms with E-state index in [0.29, 0.717) is 12.0 Å². The van der Waals surface area contributed by atoms with Crippen LogP contribution in [0.3, 0.4) is 0 Å². The molecule has 1 saturated carbocycles. The van der Waals surface area contributed by atoms with Gasteiger partial charge >= 0.3 is 0 Å². The molecule has 1 unspecified atom stereocenters. The zero-order valence-corrected chi connectivity index (χ0v) is 13.7. The molecule has 20 heavy (non-hydrogen) atoms. The SMILES string of the molecule is CCNc1nc(C(C)C)nc(N(C)C(C)C2CC2)c1C. The first-order valence-corrected chi connectivity index (χ1v) is 7.80. The third-order valence-electron chi connectivity index (χ3n) is 4.25. The number of anilines is 2. The molecule has 0 radical (unpaired) electrons. The van der Waals surface area contributed by atoms with Crippen molar-refractivity contribution >= 4 is 11.6 Å². The standard InChI is InChI=1S/C16H28N4/c1-7-17-15-11(4)16(19-14(18-15)10(2)3)20(6)12(5)13-8-9-13/h10,12-13H,7-9H2,1-6H3,(H,17,18,19). The van der Waals surface area contributed by atoms with Crippen LogP contribution in [-0.2, 0) is 0 Å². The quantitative estimate of drug-likeness (QED) is 0.862. The molecule has 4 nitrogen and oxygen atoms in total. The number of hydrogen-bond donors (Lipinski definition) is 1. The third kappa shape index (κ3) is 3.05. The number of rotatable bonds is 6. The van der Waals surface area contributed by atoms with Crippen molar-refractivity contribution in [3.8, 4) is 0 Å². The molecular formula is C16H28N4. The van der Waals surface area contributed by atoms with Crippen LogP contribution in [0, 0.1) is 12.8 Å². The van der Waals surface area contributed by atoms with Crippen molar-refractivity contribution in [2.75, 3.05) is 23.8 Å². The minimum absolute atomic E-state index is 0.344. The van der Waals surface area contributed by atoms with E-state index in [9.17, 15) is 0 Å². The van der Waals surface area contributed by atoms with Gasteiger partial charge in [0.1, 0.15) is 17.5 Å². The lowest BCUT2D eigenvalue weighted by Gasteiger charge is -2.28. The molecule has 4 heteroatoms. The van der Waals surface area contributed by atoms with Crippen molar-refractivity contribution in [1.82, 2.24) is 9.97 Å². The van der Waals surface area contributed by atoms with Crippen LogP contribution in [0.5, 0.6) is 0 Å². The number of nitrogens with one attached hydrogen (secondary N) is 1. The molecule has 1 aromatic heterocycles. The first kappa shape index (κ1) is 15.1. The van der Waals surface area contributed by atoms with Gasteiger partial charge in [-0.3, -0.25) is 0 Å². The molecule has 0 amide bonds. The van der Waals surface area contributed by atoms with E-state index >= 15 is 0 Å². The van der Waals surface area contributed by atoms with Crippen LogP contribution in [0.1, 0.15) is 57.8 Å². The molecule has 1 aromatic rings. The third-order valence-corrected chi connectivity index (χ3v) is 4.25. The van der Waals surface area contributed by atoms with Gasteiger partial charge in [-0.15, -0.1) is 0 Å². The predicted octanol–water partition coefficient (Wildman–Crippen LogP) is 3.57. The zero-order chi connectivity index (χ0) is 14.9. The maximum Gasteiger partial charge on any atom is 0.137 e. The summed E-state index contributed by atoms with van der Waals surface area (Å²) in [6.45, 7) is 11.7. The highest BCUT2D eigenvalue weighted by Crippen LogP contribution is 2.37. The fourth-order valence-corrected chi connectivity index (χ4v) is 2.55. The fourth-order valence-electron chi connectivity index (χ4n) is 2.55. The monoisotopic (exact) mass is 276 g/mol. The molecule has 0 spiro atoms. The van der Waals surface area contributed by atoms with E-state index in [0.717, 1.165) is 35.5 Å². The van der Waals surface area contributed by atoms with E-state index in [-0.39, 0.29) is 0 Å². The second kappa shape index (κ2) is 5.98. The van der Waals surface area contributed by atoms with Crippen molar-refractivity contribution in [1.29, 1.82) is 0 Å². The first-order chi connectivity index (χ1) is 9.45. The van der Waals surface area contributed by atoms with Crippen molar-refractivity contribution in [3.05, 3.63) is 11.4 Å². The average Bonchev–Trinajstić information content (AvgIpc) is 3.23. The summed E-state index contributed by atoms with van der Waals surface area (Å²) in [5, 5.41) is 3.37. The summed E-state index contributed by atoms with van der Waals surface area (Å²) in [6, 6.07) is 0.554. The number of nitrogens with zero attached hydrogens (tertiary/aromatic N) is 3. The van der Waals surface area contributed by atoms with Crippen molar-refractivity contribution in [3.63, 3.8) is 0 Å². The van der Waals surface area contributed by atoms with Gasteiger partial charge < -0.3 is 10.2 Å². The van der Waals surface area contributed by atoms with Crippen molar-refractivity contribution < 1.29 is 0 Å². The summed E-state index contributed by atoms with van der Waals surface area (Å²) in [5.74, 6) is 4.17. The topological polar surface area (TPSA) is 41.1 Å². The predicted molar refractivity (Wildman–Crippen MR) is 85.6 cm³/mol. The Balaban J connectivity index is 2.38. The normalized spacial score (nSPS) is 16.4. The van der Waals surface area contributed by atoms with Crippen LogP contribution in [0.4, 0.5) is 11.6 Å². The van der Waals surface area contributed by atoms with E-state index in [1.807, 2.05) is 0 Å². The second-order valence-electron chi connectivity index (χ2n) is 6.25. The van der Waals surface area contributed by atoms with Crippen molar-refractivity contribution in [2.45, 2.75) is 59.4 Å². The Morgan fingerprint density at radius 3 is 2.40 bits per heavy atom. The summed E-state index contributed by atoms with van der Waals surface area (Å²) in [7, 11) is 2.16. The van der Waals surface area contributed by atoms with E-state index in [4.69, 9.17) is 4.98 Å². The maximum absolute atomic E-state index is 4.82. The zero-order valence-electron chi connectivity index (χ0n) is 13.7. The molecule has 0 saturated heterocycles. The minimum Gasteiger partial charge on any atom is -0.370 e. The molecule has 1 fully saturated rings. The average molecular weight is 276 g/mol. The van der Waals surface area contributed by atoms with Crippen LogP contribution in [-0.4, -0.2) is 29.6 Å². The Bertz CT molecular complexity index is 466. The van der Waals surface area contributed by atoms with E-state index in [2.05, 4.69) is 56.9 Å². The lowest BCUT2D eigenvalue weighted by atomic mass is 10.1. The molecule has 2 rings (SSSR count). The van der Waals surface area contributed by atoms with E-state index < -0.39 is 0 Å². The molecule has 1 aliphatic carbocycles. The molecule has 0 bridgehead atoms. The van der Waals surface area contributed by atoms with Gasteiger partial charge in [0.15, 0.2) is 0 Å². The lowest BCUT2D eigenvalue weighted by molar-refractivity contribution is 0.599. The molecule has 1 heterocycles. The highest BCUT2D eigenvalue weighted by atomic mass is 15.2. The largest absolute Gasteiger partial charge is 0.370 e. The van der Waals surface area contributed by atoms with Crippen LogP contribution in [0.2, 0.25) is 0 Å². The summed E-state index contributed by atoms with van der Waals surface area (Å²) in [6.07, 6.45) is 2.71. The van der Waals surface area contributed by atoms with Gasteiger partial charge in [-0.2, -0.15) is 0 Å². The lowest BCUT2D eigenvalue weighted by Crippen LogP contribution is -2.32. The number of aromatic nitrogens is 2. The number of hydrogen-bond acceptors (Lipinski definition) is 4. The van der Waals surface area contributed by atoms with Crippen LogP contribution in [0.25, 0.3) is 0 Å². The van der Waals surface area contributed by atoms with Crippen LogP contribution < -0.4 is 10.2 Å². The Morgan fingerprint density at radius 2 is 1.90 bits per heavy atom. The van der Waals surface area contributed by atoms with Gasteiger partial charge in [0.2, 0.25) is 0 Å². The Kier molecular flexibility index (Phi) is 4.51. The van der Waals surface area contributed by atoms with E-state index in [1.165, 1.54) is 12.8 Å². The Labute approximate surface area is 123 Å². The van der Waals surface area contributed by atoms with E-state index in [1.54, 1.807) is 0 Å². The summed E-state index contributed by atoms with van der Waals surface area (Å²) in [5.41, 5.74) is 1.16. The molecule has 1 atom stereocenters. The van der Waals surface area contributed by atoms with Crippen molar-refractivity contribution in [2.24, 2.45) is 5.92 Å².